The Hall–Kier alpha value is -4.03. The number of allylic oxidation sites excluding steroid dienone is 1. The highest BCUT2D eigenvalue weighted by atomic mass is 35.5. The lowest BCUT2D eigenvalue weighted by Crippen LogP contribution is -3.00. The zero-order valence-corrected chi connectivity index (χ0v) is 27.2. The summed E-state index contributed by atoms with van der Waals surface area (Å²) in [7, 11) is 0. The van der Waals surface area contributed by atoms with Crippen molar-refractivity contribution in [3.05, 3.63) is 76.5 Å². The van der Waals surface area contributed by atoms with E-state index in [1.165, 1.54) is 11.8 Å². The van der Waals surface area contributed by atoms with Gasteiger partial charge >= 0.3 is 0 Å². The van der Waals surface area contributed by atoms with Gasteiger partial charge in [-0.2, -0.15) is 0 Å². The number of carboxylic acids is 1. The van der Waals surface area contributed by atoms with Gasteiger partial charge < -0.3 is 51.8 Å². The minimum Gasteiger partial charge on any atom is -1.00 e. The topological polar surface area (TPSA) is 150 Å². The number of hydrogen-bond donors (Lipinski definition) is 2. The Morgan fingerprint density at radius 2 is 1.74 bits per heavy atom. The Balaban J connectivity index is 0.00000386. The number of ether oxygens (including phenoxy) is 1. The van der Waals surface area contributed by atoms with Crippen LogP contribution in [0.5, 0.6) is 5.75 Å². The molecule has 2 bridgehead atoms. The number of hydrogen-bond acceptors (Lipinski definition) is 7. The summed E-state index contributed by atoms with van der Waals surface area (Å²) in [6.07, 6.45) is 2.47. The third-order valence-electron chi connectivity index (χ3n) is 11.1. The highest BCUT2D eigenvalue weighted by molar-refractivity contribution is 6.22. The van der Waals surface area contributed by atoms with E-state index in [0.717, 1.165) is 71.5 Å². The molecule has 1 aliphatic carbocycles. The molecule has 0 unspecified atom stereocenters. The smallest absolute Gasteiger partial charge is 0.272 e. The number of β-lactam (4-membered cyclic amide) rings is 1. The Morgan fingerprint density at radius 3 is 2.38 bits per heavy atom. The zero-order chi connectivity index (χ0) is 32.5. The first-order chi connectivity index (χ1) is 21.9. The number of aliphatic hydroxyl groups excluding tert-OH is 1. The Bertz CT molecular complexity index is 1730. The molecule has 4 atom stereocenters. The van der Waals surface area contributed by atoms with E-state index in [4.69, 9.17) is 10.5 Å². The molecular formula is C35H39ClN4O7. The number of aliphatic hydroxyl groups is 1. The van der Waals surface area contributed by atoms with Crippen LogP contribution in [0.1, 0.15) is 35.3 Å². The molecule has 47 heavy (non-hydrogen) atoms. The molecule has 2 aromatic carbocycles. The molecule has 0 spiro atoms. The van der Waals surface area contributed by atoms with Gasteiger partial charge in [-0.3, -0.25) is 14.4 Å². The number of ketones is 1. The van der Waals surface area contributed by atoms with Crippen LogP contribution >= 0.6 is 0 Å². The number of aliphatic carboxylic acids is 1. The first-order valence-corrected chi connectivity index (χ1v) is 16.0. The normalized spacial score (nSPS) is 29.3. The van der Waals surface area contributed by atoms with Crippen molar-refractivity contribution in [1.29, 1.82) is 0 Å². The number of halogens is 1. The van der Waals surface area contributed by atoms with Gasteiger partial charge in [-0.1, -0.05) is 37.3 Å². The number of nitrogens with two attached hydrogens (primary N) is 1. The molecule has 4 fully saturated rings. The van der Waals surface area contributed by atoms with E-state index in [9.17, 15) is 29.4 Å². The fourth-order valence-electron chi connectivity index (χ4n) is 8.61. The van der Waals surface area contributed by atoms with Gasteiger partial charge in [-0.05, 0) is 36.3 Å². The largest absolute Gasteiger partial charge is 1.00 e. The number of amides is 2. The second kappa shape index (κ2) is 11.9. The van der Waals surface area contributed by atoms with Gasteiger partial charge in [0.25, 0.3) is 5.91 Å². The van der Waals surface area contributed by atoms with Crippen LogP contribution in [0.2, 0.25) is 0 Å². The quantitative estimate of drug-likeness (QED) is 0.178. The van der Waals surface area contributed by atoms with Crippen LogP contribution in [0.3, 0.4) is 0 Å². The van der Waals surface area contributed by atoms with Gasteiger partial charge in [0, 0.05) is 28.2 Å². The van der Waals surface area contributed by atoms with Crippen LogP contribution < -0.4 is 28.0 Å². The van der Waals surface area contributed by atoms with Crippen LogP contribution in [-0.2, 0) is 20.9 Å². The maximum absolute atomic E-state index is 13.6. The fraction of sp³-hybridized carbons (Fsp3) is 0.429. The van der Waals surface area contributed by atoms with E-state index in [2.05, 4.69) is 6.07 Å². The predicted molar refractivity (Wildman–Crippen MR) is 164 cm³/mol. The Kier molecular flexibility index (Phi) is 8.32. The number of nitrogens with zero attached hydrogens (tertiary/aromatic N) is 3. The number of fused-ring (bicyclic) bond motifs is 7. The summed E-state index contributed by atoms with van der Waals surface area (Å²) in [6.45, 7) is 10.5. The molecule has 5 heterocycles. The van der Waals surface area contributed by atoms with Crippen LogP contribution in [-0.4, -0.2) is 107 Å². The highest BCUT2D eigenvalue weighted by Crippen LogP contribution is 2.47. The maximum atomic E-state index is 13.6. The third kappa shape index (κ3) is 5.25. The molecule has 0 radical (unpaired) electrons. The van der Waals surface area contributed by atoms with Crippen LogP contribution in [0.25, 0.3) is 11.1 Å². The first-order valence-electron chi connectivity index (χ1n) is 16.0. The number of carbonyl (C=O) groups is 4. The molecular weight excluding hydrogens is 624 g/mol. The number of carboxylic acid groups (broad SMARTS) is 1. The summed E-state index contributed by atoms with van der Waals surface area (Å²) >= 11 is 0. The lowest BCUT2D eigenvalue weighted by atomic mass is 9.78. The molecule has 11 nitrogen and oxygen atoms in total. The number of benzene rings is 2. The van der Waals surface area contributed by atoms with Crippen molar-refractivity contribution in [1.82, 2.24) is 4.90 Å². The zero-order valence-electron chi connectivity index (χ0n) is 26.5. The van der Waals surface area contributed by atoms with Crippen molar-refractivity contribution in [2.75, 3.05) is 52.4 Å². The molecule has 4 saturated heterocycles. The van der Waals surface area contributed by atoms with E-state index in [1.54, 1.807) is 18.2 Å². The SMILES string of the molecule is C[C@@H](O)[C@H]1C(=O)N2C(C(=O)[O-])=C(/C=C/COc3cccc4c3-c3ccc(C[N+]56CC[N+](CC(N)=O)(CC5)CC6)cc3C4=O)[C@H](C)[C@H]12.[Cl-]. The first kappa shape index (κ1) is 32.9. The summed E-state index contributed by atoms with van der Waals surface area (Å²) in [6, 6.07) is 11.1. The van der Waals surface area contributed by atoms with Gasteiger partial charge in [-0.25, -0.2) is 0 Å². The summed E-state index contributed by atoms with van der Waals surface area (Å²) < 4.78 is 7.89. The minimum absolute atomic E-state index is 0. The van der Waals surface area contributed by atoms with Gasteiger partial charge in [0.1, 0.15) is 58.2 Å². The molecule has 2 amide bonds. The molecule has 2 aromatic rings. The molecule has 3 N–H and O–H groups in total. The van der Waals surface area contributed by atoms with Crippen LogP contribution in [0.4, 0.5) is 0 Å². The lowest BCUT2D eigenvalue weighted by Gasteiger charge is -2.55. The second-order valence-electron chi connectivity index (χ2n) is 13.8. The van der Waals surface area contributed by atoms with Crippen molar-refractivity contribution in [2.24, 2.45) is 17.6 Å². The standard InChI is InChI=1S/C35H38N4O7.ClH/c1-20-23(32(35(44)45)37-31(20)29(21(2)40)34(37)43)6-4-16-46-27-7-3-5-25-30(27)24-9-8-22(17-26(24)33(25)42)18-38-10-13-39(14-11-38,15-12-38)19-28(36)41;/h3-9,17,20-21,29,31,40H,10-16,18-19H2,1-2H3,(H-2,36,41,44,45);1H/b6-4+;/t20-,21+,29+,31+,38?,39?;/m0./s1. The summed E-state index contributed by atoms with van der Waals surface area (Å²) in [5.74, 6) is -2.49. The van der Waals surface area contributed by atoms with Crippen LogP contribution in [0, 0.1) is 11.8 Å². The maximum Gasteiger partial charge on any atom is 0.272 e. The fourth-order valence-corrected chi connectivity index (χ4v) is 8.61. The van der Waals surface area contributed by atoms with Gasteiger partial charge in [0.05, 0.1) is 29.7 Å². The van der Waals surface area contributed by atoms with E-state index in [1.807, 2.05) is 31.2 Å². The third-order valence-corrected chi connectivity index (χ3v) is 11.1. The summed E-state index contributed by atoms with van der Waals surface area (Å²) in [5, 5.41) is 22.0. The number of piperazine rings is 3. The number of carbonyl (C=O) groups excluding carboxylic acids is 4. The van der Waals surface area contributed by atoms with E-state index < -0.39 is 29.9 Å². The Labute approximate surface area is 279 Å². The predicted octanol–water partition coefficient (Wildman–Crippen LogP) is -2.66. The molecule has 6 aliphatic rings. The molecule has 12 heteroatoms. The van der Waals surface area contributed by atoms with Crippen molar-refractivity contribution >= 4 is 23.6 Å². The monoisotopic (exact) mass is 662 g/mol. The van der Waals surface area contributed by atoms with E-state index >= 15 is 0 Å². The van der Waals surface area contributed by atoms with Gasteiger partial charge in [-0.15, -0.1) is 0 Å². The lowest BCUT2D eigenvalue weighted by molar-refractivity contribution is -1.08. The van der Waals surface area contributed by atoms with Crippen molar-refractivity contribution < 1.29 is 55.5 Å². The molecule has 8 rings (SSSR count). The minimum atomic E-state index is -1.43. The van der Waals surface area contributed by atoms with E-state index in [0.29, 0.717) is 29.0 Å². The highest BCUT2D eigenvalue weighted by Gasteiger charge is 2.58. The molecule has 0 saturated carbocycles. The van der Waals surface area contributed by atoms with Crippen LogP contribution in [0.15, 0.2) is 59.8 Å². The average Bonchev–Trinajstić information content (AvgIpc) is 3.44. The number of rotatable bonds is 10. The average molecular weight is 663 g/mol. The summed E-state index contributed by atoms with van der Waals surface area (Å²) in [5.41, 5.74) is 9.78. The number of primary amides is 1. The molecule has 0 aromatic heterocycles. The number of quaternary nitrogens is 2. The van der Waals surface area contributed by atoms with Crippen molar-refractivity contribution in [2.45, 2.75) is 32.5 Å². The second-order valence-corrected chi connectivity index (χ2v) is 13.8. The Morgan fingerprint density at radius 1 is 1.06 bits per heavy atom. The molecule has 248 valence electrons. The van der Waals surface area contributed by atoms with Crippen molar-refractivity contribution in [3.63, 3.8) is 0 Å². The van der Waals surface area contributed by atoms with Gasteiger partial charge in [0.2, 0.25) is 5.91 Å². The van der Waals surface area contributed by atoms with Gasteiger partial charge in [0.15, 0.2) is 12.3 Å². The van der Waals surface area contributed by atoms with Crippen molar-refractivity contribution in [3.8, 4) is 16.9 Å². The van der Waals surface area contributed by atoms with E-state index in [-0.39, 0.29) is 42.3 Å². The molecule has 5 aliphatic heterocycles. The summed E-state index contributed by atoms with van der Waals surface area (Å²) in [4.78, 5) is 51.0.